The number of carbonyl (C=O) groups excluding carboxylic acids is 2. The Balaban J connectivity index is 1.84. The van der Waals surface area contributed by atoms with Crippen molar-refractivity contribution in [3.63, 3.8) is 0 Å². The van der Waals surface area contributed by atoms with Crippen molar-refractivity contribution < 1.29 is 14.3 Å². The highest BCUT2D eigenvalue weighted by atomic mass is 16.6. The summed E-state index contributed by atoms with van der Waals surface area (Å²) in [6.45, 7) is 4.67. The van der Waals surface area contributed by atoms with Gasteiger partial charge in [0, 0.05) is 18.4 Å². The monoisotopic (exact) mass is 263 g/mol. The Morgan fingerprint density at radius 2 is 2.42 bits per heavy atom. The Hall–Kier alpha value is -2.11. The van der Waals surface area contributed by atoms with Crippen molar-refractivity contribution >= 4 is 12.0 Å². The van der Waals surface area contributed by atoms with Crippen LogP contribution in [0.25, 0.3) is 0 Å². The van der Waals surface area contributed by atoms with Gasteiger partial charge in [-0.3, -0.25) is 9.78 Å². The zero-order valence-electron chi connectivity index (χ0n) is 11.0. The summed E-state index contributed by atoms with van der Waals surface area (Å²) in [6, 6.07) is 3.49. The SMILES string of the molecule is CC(C)N1CC(CNC(=O)c2cccnc2)OC1=O. The molecule has 1 aromatic heterocycles. The second-order valence-electron chi connectivity index (χ2n) is 4.70. The molecule has 1 N–H and O–H groups in total. The summed E-state index contributed by atoms with van der Waals surface area (Å²) in [6.07, 6.45) is 2.48. The first kappa shape index (κ1) is 13.3. The molecule has 0 bridgehead atoms. The molecule has 0 radical (unpaired) electrons. The molecule has 0 aromatic carbocycles. The van der Waals surface area contributed by atoms with E-state index in [1.165, 1.54) is 6.20 Å². The number of rotatable bonds is 4. The van der Waals surface area contributed by atoms with Crippen LogP contribution in [0, 0.1) is 0 Å². The lowest BCUT2D eigenvalue weighted by molar-refractivity contribution is 0.0914. The van der Waals surface area contributed by atoms with Gasteiger partial charge in [-0.1, -0.05) is 0 Å². The van der Waals surface area contributed by atoms with E-state index < -0.39 is 0 Å². The average molecular weight is 263 g/mol. The van der Waals surface area contributed by atoms with Crippen molar-refractivity contribution in [2.45, 2.75) is 26.0 Å². The van der Waals surface area contributed by atoms with Crippen LogP contribution in [0.3, 0.4) is 0 Å². The molecule has 0 spiro atoms. The zero-order valence-corrected chi connectivity index (χ0v) is 11.0. The Labute approximate surface area is 111 Å². The van der Waals surface area contributed by atoms with E-state index in [2.05, 4.69) is 10.3 Å². The summed E-state index contributed by atoms with van der Waals surface area (Å²) in [7, 11) is 0. The van der Waals surface area contributed by atoms with Crippen LogP contribution in [0.2, 0.25) is 0 Å². The first-order valence-corrected chi connectivity index (χ1v) is 6.23. The van der Waals surface area contributed by atoms with Crippen LogP contribution in [0.1, 0.15) is 24.2 Å². The molecule has 6 nitrogen and oxygen atoms in total. The molecule has 2 amide bonds. The molecule has 0 saturated carbocycles. The van der Waals surface area contributed by atoms with Crippen LogP contribution < -0.4 is 5.32 Å². The van der Waals surface area contributed by atoms with E-state index in [0.717, 1.165) is 0 Å². The number of cyclic esters (lactones) is 1. The van der Waals surface area contributed by atoms with Crippen LogP contribution in [0.15, 0.2) is 24.5 Å². The molecule has 19 heavy (non-hydrogen) atoms. The quantitative estimate of drug-likeness (QED) is 0.881. The molecule has 1 aliphatic heterocycles. The van der Waals surface area contributed by atoms with Gasteiger partial charge in [0.25, 0.3) is 5.91 Å². The van der Waals surface area contributed by atoms with E-state index in [-0.39, 0.29) is 24.1 Å². The van der Waals surface area contributed by atoms with E-state index in [0.29, 0.717) is 18.7 Å². The van der Waals surface area contributed by atoms with Gasteiger partial charge in [0.1, 0.15) is 6.10 Å². The predicted molar refractivity (Wildman–Crippen MR) is 68.7 cm³/mol. The van der Waals surface area contributed by atoms with Gasteiger partial charge in [0.15, 0.2) is 0 Å². The molecule has 2 heterocycles. The molecule has 1 aromatic rings. The van der Waals surface area contributed by atoms with Crippen molar-refractivity contribution in [3.8, 4) is 0 Å². The van der Waals surface area contributed by atoms with E-state index in [1.807, 2.05) is 13.8 Å². The molecule has 1 fully saturated rings. The fourth-order valence-corrected chi connectivity index (χ4v) is 1.87. The third-order valence-corrected chi connectivity index (χ3v) is 2.94. The fourth-order valence-electron chi connectivity index (χ4n) is 1.87. The minimum Gasteiger partial charge on any atom is -0.442 e. The van der Waals surface area contributed by atoms with Gasteiger partial charge in [-0.2, -0.15) is 0 Å². The third-order valence-electron chi connectivity index (χ3n) is 2.94. The summed E-state index contributed by atoms with van der Waals surface area (Å²) >= 11 is 0. The number of carbonyl (C=O) groups is 2. The molecular formula is C13H17N3O3. The molecule has 6 heteroatoms. The fraction of sp³-hybridized carbons (Fsp3) is 0.462. The van der Waals surface area contributed by atoms with Gasteiger partial charge in [-0.05, 0) is 26.0 Å². The summed E-state index contributed by atoms with van der Waals surface area (Å²) < 4.78 is 5.18. The Morgan fingerprint density at radius 3 is 3.00 bits per heavy atom. The van der Waals surface area contributed by atoms with Crippen LogP contribution in [0.4, 0.5) is 4.79 Å². The summed E-state index contributed by atoms with van der Waals surface area (Å²) in [5.41, 5.74) is 0.493. The summed E-state index contributed by atoms with van der Waals surface area (Å²) in [5, 5.41) is 2.74. The number of amides is 2. The molecule has 0 aliphatic carbocycles. The lowest BCUT2D eigenvalue weighted by Gasteiger charge is -2.16. The normalized spacial score (nSPS) is 18.6. The van der Waals surface area contributed by atoms with Crippen LogP contribution in [0.5, 0.6) is 0 Å². The Morgan fingerprint density at radius 1 is 1.63 bits per heavy atom. The van der Waals surface area contributed by atoms with E-state index in [4.69, 9.17) is 4.74 Å². The minimum absolute atomic E-state index is 0.103. The number of aromatic nitrogens is 1. The Kier molecular flexibility index (Phi) is 3.99. The first-order chi connectivity index (χ1) is 9.08. The predicted octanol–water partition coefficient (Wildman–Crippen LogP) is 1.04. The maximum atomic E-state index is 11.8. The van der Waals surface area contributed by atoms with E-state index in [1.54, 1.807) is 23.2 Å². The largest absolute Gasteiger partial charge is 0.442 e. The number of nitrogens with zero attached hydrogens (tertiary/aromatic N) is 2. The van der Waals surface area contributed by atoms with Crippen LogP contribution in [-0.4, -0.2) is 47.1 Å². The van der Waals surface area contributed by atoms with Gasteiger partial charge in [0.2, 0.25) is 0 Å². The molecule has 1 aliphatic rings. The molecule has 2 rings (SSSR count). The van der Waals surface area contributed by atoms with Crippen LogP contribution in [-0.2, 0) is 4.74 Å². The minimum atomic E-state index is -0.323. The van der Waals surface area contributed by atoms with Crippen LogP contribution >= 0.6 is 0 Å². The van der Waals surface area contributed by atoms with Gasteiger partial charge in [0.05, 0.1) is 18.7 Å². The standard InChI is InChI=1S/C13H17N3O3/c1-9(2)16-8-11(19-13(16)18)7-15-12(17)10-4-3-5-14-6-10/h3-6,9,11H,7-8H2,1-2H3,(H,15,17). The molecule has 1 saturated heterocycles. The number of hydrogen-bond donors (Lipinski definition) is 1. The van der Waals surface area contributed by atoms with Gasteiger partial charge >= 0.3 is 6.09 Å². The lowest BCUT2D eigenvalue weighted by atomic mass is 10.2. The highest BCUT2D eigenvalue weighted by molar-refractivity contribution is 5.93. The molecular weight excluding hydrogens is 246 g/mol. The second-order valence-corrected chi connectivity index (χ2v) is 4.70. The molecule has 1 atom stereocenters. The summed E-state index contributed by atoms with van der Waals surface area (Å²) in [4.78, 5) is 28.8. The lowest BCUT2D eigenvalue weighted by Crippen LogP contribution is -2.36. The molecule has 1 unspecified atom stereocenters. The number of ether oxygens (including phenoxy) is 1. The topological polar surface area (TPSA) is 71.5 Å². The Bertz CT molecular complexity index is 461. The van der Waals surface area contributed by atoms with Crippen molar-refractivity contribution in [2.24, 2.45) is 0 Å². The number of hydrogen-bond acceptors (Lipinski definition) is 4. The first-order valence-electron chi connectivity index (χ1n) is 6.23. The smallest absolute Gasteiger partial charge is 0.410 e. The maximum absolute atomic E-state index is 11.8. The number of pyridine rings is 1. The average Bonchev–Trinajstić information content (AvgIpc) is 2.78. The molecule has 102 valence electrons. The van der Waals surface area contributed by atoms with Gasteiger partial charge in [-0.15, -0.1) is 0 Å². The van der Waals surface area contributed by atoms with E-state index >= 15 is 0 Å². The van der Waals surface area contributed by atoms with Crippen molar-refractivity contribution in [2.75, 3.05) is 13.1 Å². The van der Waals surface area contributed by atoms with Gasteiger partial charge in [-0.25, -0.2) is 4.79 Å². The zero-order chi connectivity index (χ0) is 13.8. The second kappa shape index (κ2) is 5.69. The maximum Gasteiger partial charge on any atom is 0.410 e. The van der Waals surface area contributed by atoms with E-state index in [9.17, 15) is 9.59 Å². The summed E-state index contributed by atoms with van der Waals surface area (Å²) in [5.74, 6) is -0.216. The third kappa shape index (κ3) is 3.21. The van der Waals surface area contributed by atoms with Crippen molar-refractivity contribution in [1.82, 2.24) is 15.2 Å². The highest BCUT2D eigenvalue weighted by Gasteiger charge is 2.32. The van der Waals surface area contributed by atoms with Crippen molar-refractivity contribution in [1.29, 1.82) is 0 Å². The highest BCUT2D eigenvalue weighted by Crippen LogP contribution is 2.13. The number of nitrogens with one attached hydrogen (secondary N) is 1. The van der Waals surface area contributed by atoms with Gasteiger partial charge < -0.3 is 15.0 Å². The van der Waals surface area contributed by atoms with Crippen molar-refractivity contribution in [3.05, 3.63) is 30.1 Å².